The molecule has 2 aromatic rings. The molecule has 104 valence electrons. The van der Waals surface area contributed by atoms with Gasteiger partial charge in [0.15, 0.2) is 0 Å². The molecule has 0 spiro atoms. The van der Waals surface area contributed by atoms with E-state index in [1.54, 1.807) is 7.11 Å². The first-order valence-corrected chi connectivity index (χ1v) is 6.76. The van der Waals surface area contributed by atoms with Gasteiger partial charge in [0.1, 0.15) is 16.5 Å². The molecule has 0 amide bonds. The molecule has 0 radical (unpaired) electrons. The largest absolute Gasteiger partial charge is 0.457 e. The first kappa shape index (κ1) is 14.5. The number of ether oxygens (including phenoxy) is 2. The van der Waals surface area contributed by atoms with E-state index in [0.717, 1.165) is 17.7 Å². The summed E-state index contributed by atoms with van der Waals surface area (Å²) in [6.45, 7) is 0.713. The van der Waals surface area contributed by atoms with Crippen LogP contribution in [0.4, 0.5) is 0 Å². The van der Waals surface area contributed by atoms with Gasteiger partial charge >= 0.3 is 0 Å². The highest BCUT2D eigenvalue weighted by Crippen LogP contribution is 2.25. The average Bonchev–Trinajstić information content (AvgIpc) is 2.47. The van der Waals surface area contributed by atoms with Crippen LogP contribution in [0.3, 0.4) is 0 Å². The summed E-state index contributed by atoms with van der Waals surface area (Å²) in [5.41, 5.74) is 7.64. The number of thiocarbonyl (C=S) groups is 1. The van der Waals surface area contributed by atoms with Gasteiger partial charge in [-0.1, -0.05) is 36.5 Å². The number of nitrogens with two attached hydrogens (primary N) is 1. The van der Waals surface area contributed by atoms with Crippen molar-refractivity contribution in [1.82, 2.24) is 0 Å². The summed E-state index contributed by atoms with van der Waals surface area (Å²) in [6, 6.07) is 15.4. The molecular weight excluding hydrogens is 270 g/mol. The maximum atomic E-state index is 5.83. The third-order valence-corrected chi connectivity index (χ3v) is 3.12. The molecular formula is C16H17NO2S. The Morgan fingerprint density at radius 1 is 1.10 bits per heavy atom. The summed E-state index contributed by atoms with van der Waals surface area (Å²) in [6.07, 6.45) is 0.889. The Morgan fingerprint density at radius 3 is 2.45 bits per heavy atom. The second kappa shape index (κ2) is 7.03. The lowest BCUT2D eigenvalue weighted by molar-refractivity contribution is 0.202. The second-order valence-electron chi connectivity index (χ2n) is 4.35. The molecule has 0 aromatic heterocycles. The molecule has 0 atom stereocenters. The molecule has 4 heteroatoms. The second-order valence-corrected chi connectivity index (χ2v) is 4.79. The lowest BCUT2D eigenvalue weighted by Crippen LogP contribution is -2.10. The van der Waals surface area contributed by atoms with Gasteiger partial charge in [-0.2, -0.15) is 0 Å². The number of hydrogen-bond donors (Lipinski definition) is 1. The quantitative estimate of drug-likeness (QED) is 0.828. The molecule has 0 unspecified atom stereocenters. The Kier molecular flexibility index (Phi) is 5.09. The molecule has 2 N–H and O–H groups in total. The Bertz CT molecular complexity index is 581. The summed E-state index contributed by atoms with van der Waals surface area (Å²) in [7, 11) is 1.70. The van der Waals surface area contributed by atoms with Gasteiger partial charge in [0.05, 0.1) is 12.2 Å². The highest BCUT2D eigenvalue weighted by molar-refractivity contribution is 7.80. The van der Waals surface area contributed by atoms with Crippen molar-refractivity contribution >= 4 is 17.2 Å². The summed E-state index contributed by atoms with van der Waals surface area (Å²) in [4.78, 5) is 0.331. The van der Waals surface area contributed by atoms with E-state index in [2.05, 4.69) is 0 Å². The Hall–Kier alpha value is -1.91. The van der Waals surface area contributed by atoms with E-state index < -0.39 is 0 Å². The fourth-order valence-electron chi connectivity index (χ4n) is 1.83. The Morgan fingerprint density at radius 2 is 1.80 bits per heavy atom. The van der Waals surface area contributed by atoms with Gasteiger partial charge in [-0.05, 0) is 36.2 Å². The van der Waals surface area contributed by atoms with Crippen LogP contribution in [-0.4, -0.2) is 18.7 Å². The Balaban J connectivity index is 2.12. The Labute approximate surface area is 124 Å². The number of benzene rings is 2. The minimum absolute atomic E-state index is 0.331. The van der Waals surface area contributed by atoms with E-state index >= 15 is 0 Å². The summed E-state index contributed by atoms with van der Waals surface area (Å²) in [5.74, 6) is 1.43. The molecule has 0 heterocycles. The highest BCUT2D eigenvalue weighted by atomic mass is 32.1. The minimum Gasteiger partial charge on any atom is -0.457 e. The van der Waals surface area contributed by atoms with Gasteiger partial charge < -0.3 is 15.2 Å². The molecule has 2 rings (SSSR count). The minimum atomic E-state index is 0.331. The van der Waals surface area contributed by atoms with Crippen LogP contribution in [0.15, 0.2) is 48.5 Å². The number of methoxy groups -OCH3 is 1. The zero-order valence-corrected chi connectivity index (χ0v) is 12.2. The van der Waals surface area contributed by atoms with Crippen molar-refractivity contribution in [2.24, 2.45) is 5.73 Å². The van der Waals surface area contributed by atoms with E-state index in [-0.39, 0.29) is 0 Å². The van der Waals surface area contributed by atoms with Gasteiger partial charge in [-0.25, -0.2) is 0 Å². The zero-order valence-electron chi connectivity index (χ0n) is 11.3. The lowest BCUT2D eigenvalue weighted by atomic mass is 10.1. The maximum Gasteiger partial charge on any atom is 0.137 e. The van der Waals surface area contributed by atoms with E-state index in [0.29, 0.717) is 17.3 Å². The monoisotopic (exact) mass is 287 g/mol. The molecule has 0 aliphatic rings. The van der Waals surface area contributed by atoms with Crippen LogP contribution >= 0.6 is 12.2 Å². The highest BCUT2D eigenvalue weighted by Gasteiger charge is 2.06. The molecule has 2 aromatic carbocycles. The van der Waals surface area contributed by atoms with Crippen LogP contribution in [0.1, 0.15) is 11.1 Å². The van der Waals surface area contributed by atoms with E-state index in [4.69, 9.17) is 27.4 Å². The third-order valence-electron chi connectivity index (χ3n) is 2.90. The van der Waals surface area contributed by atoms with Crippen LogP contribution in [0.2, 0.25) is 0 Å². The SMILES string of the molecule is COCCc1ccc(Oc2ccccc2C(N)=S)cc1. The van der Waals surface area contributed by atoms with Crippen molar-refractivity contribution in [3.8, 4) is 11.5 Å². The fourth-order valence-corrected chi connectivity index (χ4v) is 2.00. The summed E-state index contributed by atoms with van der Waals surface area (Å²) < 4.78 is 10.9. The van der Waals surface area contributed by atoms with Crippen molar-refractivity contribution in [3.05, 3.63) is 59.7 Å². The molecule has 0 saturated carbocycles. The van der Waals surface area contributed by atoms with Crippen molar-refractivity contribution in [3.63, 3.8) is 0 Å². The van der Waals surface area contributed by atoms with Crippen molar-refractivity contribution in [2.45, 2.75) is 6.42 Å². The molecule has 0 aliphatic carbocycles. The van der Waals surface area contributed by atoms with Crippen LogP contribution in [0.25, 0.3) is 0 Å². The third kappa shape index (κ3) is 3.79. The molecule has 0 fully saturated rings. The normalized spacial score (nSPS) is 10.2. The lowest BCUT2D eigenvalue weighted by Gasteiger charge is -2.10. The average molecular weight is 287 g/mol. The van der Waals surface area contributed by atoms with Gasteiger partial charge in [-0.15, -0.1) is 0 Å². The predicted octanol–water partition coefficient (Wildman–Crippen LogP) is 3.30. The van der Waals surface area contributed by atoms with E-state index in [9.17, 15) is 0 Å². The summed E-state index contributed by atoms with van der Waals surface area (Å²) >= 11 is 5.02. The molecule has 0 bridgehead atoms. The summed E-state index contributed by atoms with van der Waals surface area (Å²) in [5, 5.41) is 0. The van der Waals surface area contributed by atoms with Gasteiger partial charge in [-0.3, -0.25) is 0 Å². The molecule has 20 heavy (non-hydrogen) atoms. The molecule has 3 nitrogen and oxygen atoms in total. The standard InChI is InChI=1S/C16H17NO2S/c1-18-11-10-12-6-8-13(9-7-12)19-15-5-3-2-4-14(15)16(17)20/h2-9H,10-11H2,1H3,(H2,17,20). The smallest absolute Gasteiger partial charge is 0.137 e. The first-order chi connectivity index (χ1) is 9.70. The van der Waals surface area contributed by atoms with E-state index in [1.807, 2.05) is 48.5 Å². The van der Waals surface area contributed by atoms with Crippen molar-refractivity contribution in [2.75, 3.05) is 13.7 Å². The van der Waals surface area contributed by atoms with E-state index in [1.165, 1.54) is 5.56 Å². The van der Waals surface area contributed by atoms with Crippen LogP contribution < -0.4 is 10.5 Å². The van der Waals surface area contributed by atoms with Crippen molar-refractivity contribution < 1.29 is 9.47 Å². The van der Waals surface area contributed by atoms with Crippen molar-refractivity contribution in [1.29, 1.82) is 0 Å². The van der Waals surface area contributed by atoms with Crippen LogP contribution in [0.5, 0.6) is 11.5 Å². The van der Waals surface area contributed by atoms with Gasteiger partial charge in [0.25, 0.3) is 0 Å². The maximum absolute atomic E-state index is 5.83. The topological polar surface area (TPSA) is 44.5 Å². The van der Waals surface area contributed by atoms with Gasteiger partial charge in [0, 0.05) is 7.11 Å². The van der Waals surface area contributed by atoms with Crippen LogP contribution in [0, 0.1) is 0 Å². The fraction of sp³-hybridized carbons (Fsp3) is 0.188. The number of para-hydroxylation sites is 1. The van der Waals surface area contributed by atoms with Crippen LogP contribution in [-0.2, 0) is 11.2 Å². The van der Waals surface area contributed by atoms with Gasteiger partial charge in [0.2, 0.25) is 0 Å². The molecule has 0 aliphatic heterocycles. The zero-order chi connectivity index (χ0) is 14.4. The number of rotatable bonds is 6. The molecule has 0 saturated heterocycles. The first-order valence-electron chi connectivity index (χ1n) is 6.35. The predicted molar refractivity (Wildman–Crippen MR) is 84.4 cm³/mol. The number of hydrogen-bond acceptors (Lipinski definition) is 3.